The molecule has 146 valence electrons. The van der Waals surface area contributed by atoms with Crippen LogP contribution in [0.1, 0.15) is 40.3 Å². The fourth-order valence-corrected chi connectivity index (χ4v) is 5.58. The minimum absolute atomic E-state index is 0.0200. The second-order valence-corrected chi connectivity index (χ2v) is 8.88. The summed E-state index contributed by atoms with van der Waals surface area (Å²) in [5.41, 5.74) is 3.74. The Morgan fingerprint density at radius 3 is 2.90 bits per heavy atom. The van der Waals surface area contributed by atoms with E-state index in [4.69, 9.17) is 0 Å². The first kappa shape index (κ1) is 18.3. The Labute approximate surface area is 177 Å². The van der Waals surface area contributed by atoms with Gasteiger partial charge >= 0.3 is 0 Å². The highest BCUT2D eigenvalue weighted by atomic mass is 32.1. The first-order valence-corrected chi connectivity index (χ1v) is 11.4. The van der Waals surface area contributed by atoms with Crippen molar-refractivity contribution in [1.29, 1.82) is 0 Å². The van der Waals surface area contributed by atoms with Gasteiger partial charge in [-0.15, -0.1) is 22.7 Å². The molecule has 0 spiro atoms. The Morgan fingerprint density at radius 2 is 2.07 bits per heavy atom. The summed E-state index contributed by atoms with van der Waals surface area (Å²) in [5.74, 6) is 0.0200. The van der Waals surface area contributed by atoms with Crippen LogP contribution >= 0.6 is 22.7 Å². The van der Waals surface area contributed by atoms with Crippen molar-refractivity contribution >= 4 is 28.6 Å². The van der Waals surface area contributed by atoms with Crippen LogP contribution in [0.15, 0.2) is 59.6 Å². The summed E-state index contributed by atoms with van der Waals surface area (Å²) in [4.78, 5) is 21.3. The minimum Gasteiger partial charge on any atom is -0.330 e. The van der Waals surface area contributed by atoms with Crippen molar-refractivity contribution in [2.75, 3.05) is 6.54 Å². The van der Waals surface area contributed by atoms with E-state index in [0.717, 1.165) is 35.6 Å². The largest absolute Gasteiger partial charge is 0.330 e. The molecule has 1 aliphatic heterocycles. The maximum atomic E-state index is 13.2. The molecular weight excluding hydrogens is 400 g/mol. The SMILES string of the molecule is CCC1c2ccsc2CCN1C(=O)c1csc(-c2cnn(-c3ccccc3)c2)n1. The fourth-order valence-electron chi connectivity index (χ4n) is 3.89. The minimum atomic E-state index is 0.0200. The van der Waals surface area contributed by atoms with E-state index in [9.17, 15) is 4.79 Å². The summed E-state index contributed by atoms with van der Waals surface area (Å²) in [5, 5.41) is 9.26. The van der Waals surface area contributed by atoms with Crippen LogP contribution in [-0.4, -0.2) is 32.1 Å². The van der Waals surface area contributed by atoms with Crippen LogP contribution in [0, 0.1) is 0 Å². The van der Waals surface area contributed by atoms with Crippen molar-refractivity contribution in [3.63, 3.8) is 0 Å². The smallest absolute Gasteiger partial charge is 0.273 e. The number of nitrogens with zero attached hydrogens (tertiary/aromatic N) is 4. The Kier molecular flexibility index (Phi) is 4.77. The molecule has 3 aromatic heterocycles. The van der Waals surface area contributed by atoms with Gasteiger partial charge in [-0.05, 0) is 42.0 Å². The number of thiophene rings is 1. The Morgan fingerprint density at radius 1 is 1.21 bits per heavy atom. The zero-order valence-electron chi connectivity index (χ0n) is 16.0. The van der Waals surface area contributed by atoms with E-state index in [0.29, 0.717) is 5.69 Å². The molecule has 1 atom stereocenters. The van der Waals surface area contributed by atoms with Gasteiger partial charge in [-0.2, -0.15) is 5.10 Å². The van der Waals surface area contributed by atoms with E-state index in [1.807, 2.05) is 51.5 Å². The number of carbonyl (C=O) groups excluding carboxylic acids is 1. The van der Waals surface area contributed by atoms with Gasteiger partial charge in [-0.3, -0.25) is 4.79 Å². The first-order chi connectivity index (χ1) is 14.2. The number of fused-ring (bicyclic) bond motifs is 1. The van der Waals surface area contributed by atoms with Crippen LogP contribution in [-0.2, 0) is 6.42 Å². The van der Waals surface area contributed by atoms with E-state index in [1.54, 1.807) is 17.5 Å². The van der Waals surface area contributed by atoms with Gasteiger partial charge in [0.05, 0.1) is 17.9 Å². The molecular formula is C22H20N4OS2. The normalized spacial score (nSPS) is 16.0. The molecule has 1 aromatic carbocycles. The predicted octanol–water partition coefficient (Wildman–Crippen LogP) is 5.21. The molecule has 5 rings (SSSR count). The molecule has 0 saturated heterocycles. The highest BCUT2D eigenvalue weighted by Crippen LogP contribution is 2.36. The lowest BCUT2D eigenvalue weighted by Crippen LogP contribution is -2.39. The molecule has 0 radical (unpaired) electrons. The van der Waals surface area contributed by atoms with Crippen LogP contribution in [0.2, 0.25) is 0 Å². The van der Waals surface area contributed by atoms with Crippen LogP contribution in [0.3, 0.4) is 0 Å². The molecule has 0 fully saturated rings. The highest BCUT2D eigenvalue weighted by molar-refractivity contribution is 7.13. The molecule has 0 N–H and O–H groups in total. The van der Waals surface area contributed by atoms with E-state index < -0.39 is 0 Å². The first-order valence-electron chi connectivity index (χ1n) is 9.68. The van der Waals surface area contributed by atoms with Gasteiger partial charge in [0.2, 0.25) is 0 Å². The van der Waals surface area contributed by atoms with Gasteiger partial charge in [-0.25, -0.2) is 9.67 Å². The molecule has 0 saturated carbocycles. The summed E-state index contributed by atoms with van der Waals surface area (Å²) < 4.78 is 1.83. The predicted molar refractivity (Wildman–Crippen MR) is 117 cm³/mol. The molecule has 1 amide bonds. The van der Waals surface area contributed by atoms with Crippen molar-refractivity contribution in [1.82, 2.24) is 19.7 Å². The van der Waals surface area contributed by atoms with Crippen molar-refractivity contribution < 1.29 is 4.79 Å². The summed E-state index contributed by atoms with van der Waals surface area (Å²) in [7, 11) is 0. The van der Waals surface area contributed by atoms with E-state index in [-0.39, 0.29) is 11.9 Å². The average Bonchev–Trinajstić information content (AvgIpc) is 3.52. The molecule has 7 heteroatoms. The number of rotatable bonds is 4. The van der Waals surface area contributed by atoms with Gasteiger partial charge in [0.15, 0.2) is 0 Å². The second-order valence-electron chi connectivity index (χ2n) is 7.02. The Hall–Kier alpha value is -2.77. The fraction of sp³-hybridized carbons (Fsp3) is 0.227. The number of hydrogen-bond donors (Lipinski definition) is 0. The van der Waals surface area contributed by atoms with E-state index in [2.05, 4.69) is 28.5 Å². The lowest BCUT2D eigenvalue weighted by Gasteiger charge is -2.35. The number of benzene rings is 1. The zero-order chi connectivity index (χ0) is 19.8. The van der Waals surface area contributed by atoms with Crippen molar-refractivity contribution in [2.24, 2.45) is 0 Å². The lowest BCUT2D eigenvalue weighted by molar-refractivity contribution is 0.0652. The molecule has 29 heavy (non-hydrogen) atoms. The van der Waals surface area contributed by atoms with E-state index in [1.165, 1.54) is 21.8 Å². The zero-order valence-corrected chi connectivity index (χ0v) is 17.6. The molecule has 1 unspecified atom stereocenters. The molecule has 0 aliphatic carbocycles. The third-order valence-corrected chi connectivity index (χ3v) is 7.20. The van der Waals surface area contributed by atoms with Crippen LogP contribution in [0.5, 0.6) is 0 Å². The number of thiazole rings is 1. The molecule has 4 heterocycles. The number of hydrogen-bond acceptors (Lipinski definition) is 5. The third-order valence-electron chi connectivity index (χ3n) is 5.32. The monoisotopic (exact) mass is 420 g/mol. The number of para-hydroxylation sites is 1. The third kappa shape index (κ3) is 3.30. The topological polar surface area (TPSA) is 51.0 Å². The summed E-state index contributed by atoms with van der Waals surface area (Å²) in [6.45, 7) is 2.89. The number of carbonyl (C=O) groups is 1. The van der Waals surface area contributed by atoms with Crippen molar-refractivity contribution in [3.05, 3.63) is 75.7 Å². The van der Waals surface area contributed by atoms with Gasteiger partial charge in [0.1, 0.15) is 10.7 Å². The van der Waals surface area contributed by atoms with E-state index >= 15 is 0 Å². The van der Waals surface area contributed by atoms with Crippen LogP contribution < -0.4 is 0 Å². The lowest BCUT2D eigenvalue weighted by atomic mass is 9.97. The molecule has 5 nitrogen and oxygen atoms in total. The van der Waals surface area contributed by atoms with Crippen LogP contribution in [0.25, 0.3) is 16.3 Å². The maximum absolute atomic E-state index is 13.2. The van der Waals surface area contributed by atoms with Gasteiger partial charge in [-0.1, -0.05) is 25.1 Å². The molecule has 4 aromatic rings. The Bertz CT molecular complexity index is 1140. The van der Waals surface area contributed by atoms with Gasteiger partial charge < -0.3 is 4.90 Å². The van der Waals surface area contributed by atoms with Gasteiger partial charge in [0, 0.05) is 28.6 Å². The maximum Gasteiger partial charge on any atom is 0.273 e. The summed E-state index contributed by atoms with van der Waals surface area (Å²) >= 11 is 3.28. The van der Waals surface area contributed by atoms with Crippen molar-refractivity contribution in [2.45, 2.75) is 25.8 Å². The summed E-state index contributed by atoms with van der Waals surface area (Å²) in [6, 6.07) is 12.3. The molecule has 0 bridgehead atoms. The standard InChI is InChI=1S/C22H20N4OS2/c1-2-19-17-9-11-28-20(17)8-10-25(19)22(27)18-14-29-21(24-18)15-12-23-26(13-15)16-6-4-3-5-7-16/h3-7,9,11-14,19H,2,8,10H2,1H3. The molecule has 1 aliphatic rings. The van der Waals surface area contributed by atoms with Crippen LogP contribution in [0.4, 0.5) is 0 Å². The second kappa shape index (κ2) is 7.57. The quantitative estimate of drug-likeness (QED) is 0.456. The summed E-state index contributed by atoms with van der Waals surface area (Å²) in [6.07, 6.45) is 5.59. The number of amides is 1. The van der Waals surface area contributed by atoms with Crippen molar-refractivity contribution in [3.8, 4) is 16.3 Å². The highest BCUT2D eigenvalue weighted by Gasteiger charge is 2.32. The van der Waals surface area contributed by atoms with Gasteiger partial charge in [0.25, 0.3) is 5.91 Å². The average molecular weight is 421 g/mol. The number of aromatic nitrogens is 3. The Balaban J connectivity index is 1.39.